The largest absolute Gasteiger partial charge is 0.468 e. The molecule has 1 heterocycles. The minimum atomic E-state index is -0.286. The second-order valence-corrected chi connectivity index (χ2v) is 4.03. The van der Waals surface area contributed by atoms with Crippen LogP contribution in [0, 0.1) is 13.8 Å². The summed E-state index contributed by atoms with van der Waals surface area (Å²) in [7, 11) is 2.99. The summed E-state index contributed by atoms with van der Waals surface area (Å²) < 4.78 is 15.2. The van der Waals surface area contributed by atoms with Gasteiger partial charge in [-0.2, -0.15) is 0 Å². The van der Waals surface area contributed by atoms with E-state index in [-0.39, 0.29) is 12.5 Å². The maximum Gasteiger partial charge on any atom is 0.319 e. The molecule has 0 atom stereocenters. The molecule has 0 aromatic carbocycles. The van der Waals surface area contributed by atoms with Gasteiger partial charge in [-0.1, -0.05) is 0 Å². The van der Waals surface area contributed by atoms with E-state index in [9.17, 15) is 4.79 Å². The monoisotopic (exact) mass is 256 g/mol. The van der Waals surface area contributed by atoms with E-state index >= 15 is 0 Å². The van der Waals surface area contributed by atoms with Crippen molar-refractivity contribution in [2.45, 2.75) is 20.4 Å². The van der Waals surface area contributed by atoms with E-state index in [2.05, 4.69) is 9.72 Å². The lowest BCUT2D eigenvalue weighted by molar-refractivity contribution is -0.142. The Labute approximate surface area is 107 Å². The van der Waals surface area contributed by atoms with Gasteiger partial charge in [0.1, 0.15) is 5.76 Å². The van der Waals surface area contributed by atoms with Gasteiger partial charge in [-0.3, -0.25) is 9.69 Å². The molecule has 0 aliphatic rings. The van der Waals surface area contributed by atoms with Gasteiger partial charge in [0, 0.05) is 13.7 Å². The summed E-state index contributed by atoms with van der Waals surface area (Å²) in [5.74, 6) is 1.12. The zero-order valence-corrected chi connectivity index (χ0v) is 11.4. The third-order valence-electron chi connectivity index (χ3n) is 2.62. The number of hydrogen-bond acceptors (Lipinski definition) is 6. The van der Waals surface area contributed by atoms with Gasteiger partial charge in [0.05, 0.1) is 32.5 Å². The summed E-state index contributed by atoms with van der Waals surface area (Å²) in [5, 5.41) is 0. The summed E-state index contributed by atoms with van der Waals surface area (Å²) in [6.07, 6.45) is 0. The fourth-order valence-corrected chi connectivity index (χ4v) is 1.48. The minimum absolute atomic E-state index is 0.195. The summed E-state index contributed by atoms with van der Waals surface area (Å²) in [4.78, 5) is 17.5. The van der Waals surface area contributed by atoms with Crippen molar-refractivity contribution >= 4 is 5.97 Å². The van der Waals surface area contributed by atoms with Crippen LogP contribution >= 0.6 is 0 Å². The molecule has 1 aromatic heterocycles. The molecule has 0 unspecified atom stereocenters. The fraction of sp³-hybridized carbons (Fsp3) is 0.667. The normalized spacial score (nSPS) is 10.9. The first kappa shape index (κ1) is 14.7. The van der Waals surface area contributed by atoms with Crippen LogP contribution in [-0.2, 0) is 20.8 Å². The molecule has 0 spiro atoms. The van der Waals surface area contributed by atoms with E-state index < -0.39 is 0 Å². The number of rotatable bonds is 7. The molecule has 0 aliphatic heterocycles. The summed E-state index contributed by atoms with van der Waals surface area (Å²) in [6, 6.07) is 0. The molecule has 6 heteroatoms. The van der Waals surface area contributed by atoms with Gasteiger partial charge in [0.15, 0.2) is 0 Å². The van der Waals surface area contributed by atoms with Crippen molar-refractivity contribution in [3.63, 3.8) is 0 Å². The Morgan fingerprint density at radius 2 is 2.11 bits per heavy atom. The molecule has 18 heavy (non-hydrogen) atoms. The standard InChI is InChI=1S/C12H20N2O4/c1-9-10(2)18-11(13-9)7-14(5-6-16-3)8-12(15)17-4/h5-8H2,1-4H3. The predicted molar refractivity (Wildman–Crippen MR) is 65.1 cm³/mol. The fourth-order valence-electron chi connectivity index (χ4n) is 1.48. The van der Waals surface area contributed by atoms with Crippen molar-refractivity contribution < 1.29 is 18.7 Å². The Kier molecular flexibility index (Phi) is 5.80. The van der Waals surface area contributed by atoms with Gasteiger partial charge in [-0.15, -0.1) is 0 Å². The highest BCUT2D eigenvalue weighted by molar-refractivity contribution is 5.71. The predicted octanol–water partition coefficient (Wildman–Crippen LogP) is 0.913. The van der Waals surface area contributed by atoms with E-state index in [1.54, 1.807) is 7.11 Å². The molecule has 0 radical (unpaired) electrons. The molecule has 0 aliphatic carbocycles. The van der Waals surface area contributed by atoms with Crippen molar-refractivity contribution in [1.82, 2.24) is 9.88 Å². The summed E-state index contributed by atoms with van der Waals surface area (Å²) >= 11 is 0. The highest BCUT2D eigenvalue weighted by Gasteiger charge is 2.15. The Morgan fingerprint density at radius 1 is 1.39 bits per heavy atom. The third-order valence-corrected chi connectivity index (χ3v) is 2.62. The number of methoxy groups -OCH3 is 2. The van der Waals surface area contributed by atoms with E-state index in [1.807, 2.05) is 18.7 Å². The smallest absolute Gasteiger partial charge is 0.319 e. The van der Waals surface area contributed by atoms with Crippen LogP contribution in [0.1, 0.15) is 17.3 Å². The highest BCUT2D eigenvalue weighted by Crippen LogP contribution is 2.10. The second kappa shape index (κ2) is 7.13. The van der Waals surface area contributed by atoms with Crippen LogP contribution in [0.3, 0.4) is 0 Å². The number of carbonyl (C=O) groups excluding carboxylic acids is 1. The average Bonchev–Trinajstić information content (AvgIpc) is 2.65. The van der Waals surface area contributed by atoms with Crippen molar-refractivity contribution in [3.05, 3.63) is 17.3 Å². The average molecular weight is 256 g/mol. The lowest BCUT2D eigenvalue weighted by Crippen LogP contribution is -2.33. The van der Waals surface area contributed by atoms with Crippen LogP contribution in [0.25, 0.3) is 0 Å². The molecule has 0 N–H and O–H groups in total. The van der Waals surface area contributed by atoms with Crippen LogP contribution in [0.4, 0.5) is 0 Å². The molecule has 102 valence electrons. The van der Waals surface area contributed by atoms with Crippen molar-refractivity contribution in [2.24, 2.45) is 0 Å². The van der Waals surface area contributed by atoms with Gasteiger partial charge in [0.2, 0.25) is 5.89 Å². The molecule has 0 bridgehead atoms. The minimum Gasteiger partial charge on any atom is -0.468 e. The lowest BCUT2D eigenvalue weighted by Gasteiger charge is -2.18. The van der Waals surface area contributed by atoms with Crippen LogP contribution in [0.5, 0.6) is 0 Å². The number of aromatic nitrogens is 1. The first-order valence-corrected chi connectivity index (χ1v) is 5.77. The number of ether oxygens (including phenoxy) is 2. The Morgan fingerprint density at radius 3 is 2.61 bits per heavy atom. The van der Waals surface area contributed by atoms with Gasteiger partial charge < -0.3 is 13.9 Å². The van der Waals surface area contributed by atoms with Crippen molar-refractivity contribution in [3.8, 4) is 0 Å². The third kappa shape index (κ3) is 4.46. The molecular weight excluding hydrogens is 236 g/mol. The lowest BCUT2D eigenvalue weighted by atomic mass is 10.4. The van der Waals surface area contributed by atoms with E-state index in [0.29, 0.717) is 25.6 Å². The molecule has 1 rings (SSSR count). The first-order valence-electron chi connectivity index (χ1n) is 5.77. The van der Waals surface area contributed by atoms with Crippen LogP contribution < -0.4 is 0 Å². The number of hydrogen-bond donors (Lipinski definition) is 0. The zero-order valence-electron chi connectivity index (χ0n) is 11.4. The number of aryl methyl sites for hydroxylation is 2. The number of nitrogens with zero attached hydrogens (tertiary/aromatic N) is 2. The molecule has 1 aromatic rings. The van der Waals surface area contributed by atoms with Gasteiger partial charge in [-0.05, 0) is 13.8 Å². The topological polar surface area (TPSA) is 64.8 Å². The van der Waals surface area contributed by atoms with Gasteiger partial charge in [0.25, 0.3) is 0 Å². The SMILES string of the molecule is COCCN(CC(=O)OC)Cc1nc(C)c(C)o1. The molecule has 0 saturated carbocycles. The van der Waals surface area contributed by atoms with Crippen molar-refractivity contribution in [1.29, 1.82) is 0 Å². The summed E-state index contributed by atoms with van der Waals surface area (Å²) in [5.41, 5.74) is 0.870. The number of oxazole rings is 1. The first-order chi connectivity index (χ1) is 8.56. The van der Waals surface area contributed by atoms with E-state index in [0.717, 1.165) is 11.5 Å². The quantitative estimate of drug-likeness (QED) is 0.676. The van der Waals surface area contributed by atoms with Gasteiger partial charge >= 0.3 is 5.97 Å². The second-order valence-electron chi connectivity index (χ2n) is 4.03. The van der Waals surface area contributed by atoms with Crippen LogP contribution in [0.2, 0.25) is 0 Å². The maximum absolute atomic E-state index is 11.3. The molecule has 0 saturated heterocycles. The van der Waals surface area contributed by atoms with E-state index in [4.69, 9.17) is 9.15 Å². The maximum atomic E-state index is 11.3. The van der Waals surface area contributed by atoms with Gasteiger partial charge in [-0.25, -0.2) is 4.98 Å². The molecule has 0 fully saturated rings. The zero-order chi connectivity index (χ0) is 13.5. The van der Waals surface area contributed by atoms with E-state index in [1.165, 1.54) is 7.11 Å². The number of esters is 1. The summed E-state index contributed by atoms with van der Waals surface area (Å²) in [6.45, 7) is 5.57. The molecular formula is C12H20N2O4. The molecule has 6 nitrogen and oxygen atoms in total. The molecule has 0 amide bonds. The Balaban J connectivity index is 2.61. The highest BCUT2D eigenvalue weighted by atomic mass is 16.5. The van der Waals surface area contributed by atoms with Crippen LogP contribution in [0.15, 0.2) is 4.42 Å². The van der Waals surface area contributed by atoms with Crippen molar-refractivity contribution in [2.75, 3.05) is 33.9 Å². The Bertz CT molecular complexity index is 370. The number of carbonyl (C=O) groups is 1. The van der Waals surface area contributed by atoms with Crippen LogP contribution in [-0.4, -0.2) is 49.8 Å². The Hall–Kier alpha value is -1.40.